The van der Waals surface area contributed by atoms with Gasteiger partial charge in [-0.3, -0.25) is 14.4 Å². The van der Waals surface area contributed by atoms with Crippen LogP contribution >= 0.6 is 22.6 Å². The van der Waals surface area contributed by atoms with Gasteiger partial charge in [0.25, 0.3) is 5.91 Å². The average Bonchev–Trinajstić information content (AvgIpc) is 2.75. The molecule has 3 amide bonds. The predicted octanol–water partition coefficient (Wildman–Crippen LogP) is 2.57. The smallest absolute Gasteiger partial charge is 0.257 e. The maximum atomic E-state index is 12.7. The monoisotopic (exact) mass is 414 g/mol. The van der Waals surface area contributed by atoms with Gasteiger partial charge in [0.1, 0.15) is 6.04 Å². The molecule has 1 saturated heterocycles. The normalized spacial score (nSPS) is 19.5. The lowest BCUT2D eigenvalue weighted by molar-refractivity contribution is -0.138. The Morgan fingerprint density at radius 1 is 1.36 bits per heavy atom. The number of nitrogens with zero attached hydrogens (tertiary/aromatic N) is 2. The highest BCUT2D eigenvalue weighted by Crippen LogP contribution is 2.27. The summed E-state index contributed by atoms with van der Waals surface area (Å²) in [4.78, 5) is 39.6. The molecule has 0 N–H and O–H groups in total. The van der Waals surface area contributed by atoms with E-state index in [2.05, 4.69) is 22.6 Å². The van der Waals surface area contributed by atoms with Crippen LogP contribution in [-0.2, 0) is 14.4 Å². The molecule has 0 radical (unpaired) electrons. The van der Waals surface area contributed by atoms with Gasteiger partial charge in [-0.1, -0.05) is 6.92 Å². The van der Waals surface area contributed by atoms with Gasteiger partial charge in [-0.2, -0.15) is 0 Å². The van der Waals surface area contributed by atoms with Crippen LogP contribution in [0.2, 0.25) is 0 Å². The van der Waals surface area contributed by atoms with Gasteiger partial charge in [0, 0.05) is 16.5 Å². The van der Waals surface area contributed by atoms with Gasteiger partial charge in [-0.25, -0.2) is 4.90 Å². The Bertz CT molecular complexity index is 600. The molecule has 1 aliphatic rings. The number of hydrogen-bond donors (Lipinski definition) is 0. The number of amides is 3. The summed E-state index contributed by atoms with van der Waals surface area (Å²) < 4.78 is 1.03. The van der Waals surface area contributed by atoms with Gasteiger partial charge in [-0.15, -0.1) is 0 Å². The van der Waals surface area contributed by atoms with Crippen molar-refractivity contribution < 1.29 is 14.4 Å². The summed E-state index contributed by atoms with van der Waals surface area (Å²) in [6.45, 7) is 5.29. The minimum Gasteiger partial charge on any atom is -0.328 e. The number of imide groups is 1. The molecule has 2 rings (SSSR count). The Kier molecular flexibility index (Phi) is 5.20. The molecule has 1 aromatic carbocycles. The lowest BCUT2D eigenvalue weighted by atomic mass is 10.1. The van der Waals surface area contributed by atoms with Crippen LogP contribution in [0.15, 0.2) is 24.3 Å². The van der Waals surface area contributed by atoms with Crippen LogP contribution < -0.4 is 4.90 Å². The number of hydrogen-bond acceptors (Lipinski definition) is 3. The number of halogens is 1. The maximum Gasteiger partial charge on any atom is 0.257 e. The second-order valence-electron chi connectivity index (χ2n) is 5.45. The quantitative estimate of drug-likeness (QED) is 0.562. The van der Waals surface area contributed by atoms with E-state index in [1.165, 1.54) is 16.7 Å². The van der Waals surface area contributed by atoms with Crippen molar-refractivity contribution in [2.45, 2.75) is 45.7 Å². The highest BCUT2D eigenvalue weighted by molar-refractivity contribution is 14.1. The zero-order valence-corrected chi connectivity index (χ0v) is 15.0. The van der Waals surface area contributed by atoms with Gasteiger partial charge in [0.2, 0.25) is 11.8 Å². The van der Waals surface area contributed by atoms with Crippen LogP contribution in [0.5, 0.6) is 0 Å². The first-order valence-corrected chi connectivity index (χ1v) is 8.36. The summed E-state index contributed by atoms with van der Waals surface area (Å²) >= 11 is 2.17. The first-order valence-electron chi connectivity index (χ1n) is 7.28. The van der Waals surface area contributed by atoms with Crippen LogP contribution in [0.3, 0.4) is 0 Å². The van der Waals surface area contributed by atoms with Crippen LogP contribution in [0.25, 0.3) is 0 Å². The molecule has 5 nitrogen and oxygen atoms in total. The largest absolute Gasteiger partial charge is 0.328 e. The zero-order chi connectivity index (χ0) is 16.4. The Morgan fingerprint density at radius 3 is 2.45 bits per heavy atom. The Labute approximate surface area is 143 Å². The summed E-state index contributed by atoms with van der Waals surface area (Å²) in [6, 6.07) is 6.43. The molecule has 6 heteroatoms. The SMILES string of the molecule is CCC(C)N(C(C)=O)C1CC(=O)N(c2ccc(I)cc2)C1=O. The van der Waals surface area contributed by atoms with E-state index in [4.69, 9.17) is 0 Å². The summed E-state index contributed by atoms with van der Waals surface area (Å²) in [6.07, 6.45) is 0.788. The molecule has 1 fully saturated rings. The molecule has 2 unspecified atom stereocenters. The first-order chi connectivity index (χ1) is 10.4. The molecule has 0 bridgehead atoms. The van der Waals surface area contributed by atoms with Crippen LogP contribution in [0.1, 0.15) is 33.6 Å². The van der Waals surface area contributed by atoms with Gasteiger partial charge in [0.05, 0.1) is 12.1 Å². The zero-order valence-electron chi connectivity index (χ0n) is 12.9. The molecule has 1 aromatic rings. The molecule has 0 spiro atoms. The molecule has 0 saturated carbocycles. The first kappa shape index (κ1) is 16.9. The van der Waals surface area contributed by atoms with Crippen LogP contribution in [0, 0.1) is 3.57 Å². The molecular weight excluding hydrogens is 395 g/mol. The molecule has 1 aliphatic heterocycles. The third-order valence-electron chi connectivity index (χ3n) is 3.97. The van der Waals surface area contributed by atoms with Crippen LogP contribution in [-0.4, -0.2) is 34.7 Å². The molecule has 118 valence electrons. The van der Waals surface area contributed by atoms with Crippen molar-refractivity contribution in [3.05, 3.63) is 27.8 Å². The molecule has 1 heterocycles. The second-order valence-corrected chi connectivity index (χ2v) is 6.69. The fourth-order valence-corrected chi connectivity index (χ4v) is 3.09. The van der Waals surface area contributed by atoms with E-state index >= 15 is 0 Å². The Morgan fingerprint density at radius 2 is 1.95 bits per heavy atom. The van der Waals surface area contributed by atoms with Crippen molar-refractivity contribution in [2.75, 3.05) is 4.90 Å². The fourth-order valence-electron chi connectivity index (χ4n) is 2.73. The molecule has 22 heavy (non-hydrogen) atoms. The predicted molar refractivity (Wildman–Crippen MR) is 92.3 cm³/mol. The fraction of sp³-hybridized carbons (Fsp3) is 0.438. The van der Waals surface area contributed by atoms with Crippen LogP contribution in [0.4, 0.5) is 5.69 Å². The average molecular weight is 414 g/mol. The molecule has 0 aromatic heterocycles. The van der Waals surface area contributed by atoms with E-state index in [-0.39, 0.29) is 30.2 Å². The third-order valence-corrected chi connectivity index (χ3v) is 4.69. The van der Waals surface area contributed by atoms with Crippen molar-refractivity contribution in [2.24, 2.45) is 0 Å². The highest BCUT2D eigenvalue weighted by Gasteiger charge is 2.44. The van der Waals surface area contributed by atoms with Gasteiger partial charge >= 0.3 is 0 Å². The minimum absolute atomic E-state index is 0.0503. The topological polar surface area (TPSA) is 57.7 Å². The summed E-state index contributed by atoms with van der Waals surface area (Å²) in [5.74, 6) is -0.752. The second kappa shape index (κ2) is 6.76. The third kappa shape index (κ3) is 3.16. The standard InChI is InChI=1S/C16H19IN2O3/c1-4-10(2)18(11(3)20)14-9-15(21)19(16(14)22)13-7-5-12(17)6-8-13/h5-8,10,14H,4,9H2,1-3H3. The van der Waals surface area contributed by atoms with E-state index in [1.54, 1.807) is 12.1 Å². The van der Waals surface area contributed by atoms with E-state index in [1.807, 2.05) is 26.0 Å². The Balaban J connectivity index is 2.31. The summed E-state index contributed by atoms with van der Waals surface area (Å²) in [5, 5.41) is 0. The Hall–Kier alpha value is -1.44. The van der Waals surface area contributed by atoms with Gasteiger partial charge in [0.15, 0.2) is 0 Å². The maximum absolute atomic E-state index is 12.7. The molecule has 2 atom stereocenters. The number of benzene rings is 1. The summed E-state index contributed by atoms with van der Waals surface area (Å²) in [7, 11) is 0. The highest BCUT2D eigenvalue weighted by atomic mass is 127. The van der Waals surface area contributed by atoms with E-state index in [0.717, 1.165) is 9.99 Å². The van der Waals surface area contributed by atoms with Crippen molar-refractivity contribution in [1.29, 1.82) is 0 Å². The number of carbonyl (C=O) groups excluding carboxylic acids is 3. The van der Waals surface area contributed by atoms with Crippen molar-refractivity contribution in [3.63, 3.8) is 0 Å². The number of rotatable bonds is 4. The minimum atomic E-state index is -0.695. The van der Waals surface area contributed by atoms with E-state index in [9.17, 15) is 14.4 Å². The molecular formula is C16H19IN2O3. The van der Waals surface area contributed by atoms with Gasteiger partial charge < -0.3 is 4.90 Å². The van der Waals surface area contributed by atoms with E-state index in [0.29, 0.717) is 5.69 Å². The van der Waals surface area contributed by atoms with Crippen molar-refractivity contribution in [1.82, 2.24) is 4.90 Å². The number of anilines is 1. The number of carbonyl (C=O) groups is 3. The lowest BCUT2D eigenvalue weighted by Crippen LogP contribution is -2.48. The van der Waals surface area contributed by atoms with Crippen molar-refractivity contribution >= 4 is 46.0 Å². The van der Waals surface area contributed by atoms with E-state index < -0.39 is 6.04 Å². The molecule has 0 aliphatic carbocycles. The summed E-state index contributed by atoms with van der Waals surface area (Å²) in [5.41, 5.74) is 0.561. The van der Waals surface area contributed by atoms with Crippen molar-refractivity contribution in [3.8, 4) is 0 Å². The van der Waals surface area contributed by atoms with Gasteiger partial charge in [-0.05, 0) is 60.2 Å². The lowest BCUT2D eigenvalue weighted by Gasteiger charge is -2.31.